The van der Waals surface area contributed by atoms with Crippen molar-refractivity contribution in [2.24, 2.45) is 0 Å². The Balaban J connectivity index is 0.000000375. The first kappa shape index (κ1) is 31.6. The number of halogens is 2. The van der Waals surface area contributed by atoms with Gasteiger partial charge in [-0.2, -0.15) is 41.0 Å². The number of rotatable bonds is 1. The topological polar surface area (TPSA) is 0 Å². The summed E-state index contributed by atoms with van der Waals surface area (Å²) >= 11 is 0. The second-order valence-electron chi connectivity index (χ2n) is 10.9. The van der Waals surface area contributed by atoms with Gasteiger partial charge in [-0.1, -0.05) is 107 Å². The molecular formula is C32H34Cl2Zr. The van der Waals surface area contributed by atoms with Crippen LogP contribution in [0.4, 0.5) is 0 Å². The Morgan fingerprint density at radius 3 is 1.94 bits per heavy atom. The molecule has 0 heterocycles. The van der Waals surface area contributed by atoms with Gasteiger partial charge >= 0.3 is 26.2 Å². The van der Waals surface area contributed by atoms with E-state index >= 15 is 0 Å². The molecule has 0 radical (unpaired) electrons. The molecule has 3 aromatic carbocycles. The maximum absolute atomic E-state index is 3.53. The van der Waals surface area contributed by atoms with E-state index < -0.39 is 0 Å². The van der Waals surface area contributed by atoms with Crippen LogP contribution >= 0.6 is 0 Å². The monoisotopic (exact) mass is 578 g/mol. The maximum atomic E-state index is 3.53. The van der Waals surface area contributed by atoms with Gasteiger partial charge in [-0.25, -0.2) is 6.08 Å². The SMILES string of the molecule is CC(C)(C)c1c[c-]c2c(c1)-c1cc(C(C)(C)C)ccc1C2.[C-]1=CC(c2ccccc2)=CC1.[Cl-].[Cl-].[Zr+4]. The third-order valence-corrected chi connectivity index (χ3v) is 6.33. The Morgan fingerprint density at radius 1 is 0.743 bits per heavy atom. The van der Waals surface area contributed by atoms with Crippen LogP contribution in [-0.4, -0.2) is 0 Å². The van der Waals surface area contributed by atoms with Crippen LogP contribution in [0.5, 0.6) is 0 Å². The van der Waals surface area contributed by atoms with Gasteiger partial charge in [0.25, 0.3) is 0 Å². The first-order valence-corrected chi connectivity index (χ1v) is 11.6. The van der Waals surface area contributed by atoms with Crippen LogP contribution in [0.3, 0.4) is 0 Å². The van der Waals surface area contributed by atoms with E-state index in [-0.39, 0.29) is 61.8 Å². The first-order chi connectivity index (χ1) is 15.1. The average molecular weight is 581 g/mol. The van der Waals surface area contributed by atoms with Crippen LogP contribution in [-0.2, 0) is 43.5 Å². The second kappa shape index (κ2) is 12.7. The van der Waals surface area contributed by atoms with Gasteiger partial charge in [0.15, 0.2) is 0 Å². The largest absolute Gasteiger partial charge is 4.00 e. The zero-order valence-corrected chi connectivity index (χ0v) is 25.6. The van der Waals surface area contributed by atoms with E-state index in [0.717, 1.165) is 12.8 Å². The fourth-order valence-electron chi connectivity index (χ4n) is 4.21. The molecule has 0 aliphatic heterocycles. The standard InChI is InChI=1S/C21H25.C11H9.2ClH.Zr/c1-20(2,3)16-9-7-14-11-15-8-10-17(21(4,5)6)13-19(15)18(14)12-16;1-2-6-10(7-3-1)11-8-4-5-9-11;;;/h7,9-10,12-13H,11H2,1-6H3;1-3,6-9H,4H2;2*1H;/q2*-1;;;+4/p-2. The third kappa shape index (κ3) is 7.55. The van der Waals surface area contributed by atoms with Gasteiger partial charge in [0, 0.05) is 0 Å². The summed E-state index contributed by atoms with van der Waals surface area (Å²) in [7, 11) is 0. The molecule has 3 aromatic rings. The molecule has 0 atom stereocenters. The van der Waals surface area contributed by atoms with Crippen LogP contribution in [0.2, 0.25) is 0 Å². The molecule has 0 saturated carbocycles. The molecule has 0 amide bonds. The summed E-state index contributed by atoms with van der Waals surface area (Å²) in [6.07, 6.45) is 9.38. The molecule has 180 valence electrons. The number of benzene rings is 3. The molecule has 2 aliphatic rings. The van der Waals surface area contributed by atoms with Crippen LogP contribution in [0.1, 0.15) is 75.8 Å². The maximum Gasteiger partial charge on any atom is 4.00 e. The quantitative estimate of drug-likeness (QED) is 0.304. The van der Waals surface area contributed by atoms with E-state index in [1.165, 1.54) is 44.5 Å². The zero-order chi connectivity index (χ0) is 22.9. The summed E-state index contributed by atoms with van der Waals surface area (Å²) in [5.41, 5.74) is 11.3. The van der Waals surface area contributed by atoms with E-state index in [0.29, 0.717) is 0 Å². The van der Waals surface area contributed by atoms with Gasteiger partial charge in [0.2, 0.25) is 0 Å². The van der Waals surface area contributed by atoms with Crippen LogP contribution < -0.4 is 24.8 Å². The Bertz CT molecular complexity index is 1110. The normalized spacial score (nSPS) is 13.1. The molecule has 3 heteroatoms. The van der Waals surface area contributed by atoms with E-state index in [2.05, 4.69) is 120 Å². The van der Waals surface area contributed by atoms with Crippen LogP contribution in [0, 0.1) is 12.1 Å². The molecular weight excluding hydrogens is 546 g/mol. The van der Waals surface area contributed by atoms with Gasteiger partial charge in [0.05, 0.1) is 0 Å². The molecule has 2 aliphatic carbocycles. The van der Waals surface area contributed by atoms with Crippen molar-refractivity contribution in [2.75, 3.05) is 0 Å². The van der Waals surface area contributed by atoms with E-state index in [1.807, 2.05) is 6.07 Å². The summed E-state index contributed by atoms with van der Waals surface area (Å²) < 4.78 is 0. The van der Waals surface area contributed by atoms with Gasteiger partial charge in [-0.3, -0.25) is 6.08 Å². The molecule has 0 N–H and O–H groups in total. The van der Waals surface area contributed by atoms with Gasteiger partial charge in [-0.05, 0) is 17.4 Å². The number of hydrogen-bond acceptors (Lipinski definition) is 0. The Morgan fingerprint density at radius 2 is 1.37 bits per heavy atom. The first-order valence-electron chi connectivity index (χ1n) is 11.6. The second-order valence-corrected chi connectivity index (χ2v) is 10.9. The van der Waals surface area contributed by atoms with Crippen LogP contribution in [0.25, 0.3) is 16.7 Å². The van der Waals surface area contributed by atoms with E-state index in [9.17, 15) is 0 Å². The van der Waals surface area contributed by atoms with Crippen molar-refractivity contribution < 1.29 is 51.0 Å². The van der Waals surface area contributed by atoms with Gasteiger partial charge < -0.3 is 24.8 Å². The Hall–Kier alpha value is -1.40. The Labute approximate surface area is 244 Å². The minimum atomic E-state index is 0. The molecule has 0 saturated heterocycles. The molecule has 0 unspecified atom stereocenters. The molecule has 0 bridgehead atoms. The number of hydrogen-bond donors (Lipinski definition) is 0. The molecule has 0 spiro atoms. The Kier molecular flexibility index (Phi) is 11.5. The fraction of sp³-hybridized carbons (Fsp3) is 0.312. The van der Waals surface area contributed by atoms with Gasteiger partial charge in [0.1, 0.15) is 0 Å². The number of allylic oxidation sites excluding steroid dienone is 4. The molecule has 0 nitrogen and oxygen atoms in total. The summed E-state index contributed by atoms with van der Waals surface area (Å²) in [6, 6.07) is 25.5. The molecule has 0 fully saturated rings. The molecule has 5 rings (SSSR count). The van der Waals surface area contributed by atoms with Gasteiger partial charge in [-0.15, -0.1) is 17.5 Å². The third-order valence-electron chi connectivity index (χ3n) is 6.33. The predicted octanol–water partition coefficient (Wildman–Crippen LogP) is 2.49. The summed E-state index contributed by atoms with van der Waals surface area (Å²) in [6.45, 7) is 13.6. The van der Waals surface area contributed by atoms with Crippen molar-refractivity contribution in [3.8, 4) is 11.1 Å². The minimum Gasteiger partial charge on any atom is -1.00 e. The van der Waals surface area contributed by atoms with E-state index in [4.69, 9.17) is 0 Å². The summed E-state index contributed by atoms with van der Waals surface area (Å²) in [5.74, 6) is 0. The fourth-order valence-corrected chi connectivity index (χ4v) is 4.21. The van der Waals surface area contributed by atoms with Crippen molar-refractivity contribution in [1.82, 2.24) is 0 Å². The van der Waals surface area contributed by atoms with Crippen molar-refractivity contribution >= 4 is 5.57 Å². The molecule has 0 aromatic heterocycles. The molecule has 35 heavy (non-hydrogen) atoms. The van der Waals surface area contributed by atoms with E-state index in [1.54, 1.807) is 0 Å². The average Bonchev–Trinajstić information content (AvgIpc) is 3.41. The zero-order valence-electron chi connectivity index (χ0n) is 21.6. The minimum absolute atomic E-state index is 0. The van der Waals surface area contributed by atoms with Crippen molar-refractivity contribution in [2.45, 2.75) is 65.2 Å². The van der Waals surface area contributed by atoms with Crippen molar-refractivity contribution in [1.29, 1.82) is 0 Å². The summed E-state index contributed by atoms with van der Waals surface area (Å²) in [5, 5.41) is 0. The predicted molar refractivity (Wildman–Crippen MR) is 138 cm³/mol. The number of fused-ring (bicyclic) bond motifs is 3. The van der Waals surface area contributed by atoms with Crippen molar-refractivity contribution in [3.05, 3.63) is 113 Å². The smallest absolute Gasteiger partial charge is 1.00 e. The summed E-state index contributed by atoms with van der Waals surface area (Å²) in [4.78, 5) is 0. The van der Waals surface area contributed by atoms with Crippen LogP contribution in [0.15, 0.2) is 72.8 Å². The van der Waals surface area contributed by atoms with Crippen molar-refractivity contribution in [3.63, 3.8) is 0 Å².